The lowest BCUT2D eigenvalue weighted by Crippen LogP contribution is -2.43. The highest BCUT2D eigenvalue weighted by Crippen LogP contribution is 2.33. The molecule has 2 aromatic rings. The number of aromatic nitrogens is 2. The Kier molecular flexibility index (Phi) is 4.06. The molecule has 1 aliphatic rings. The number of hydrogen-bond acceptors (Lipinski definition) is 4. The van der Waals surface area contributed by atoms with Gasteiger partial charge in [-0.2, -0.15) is 10.2 Å². The van der Waals surface area contributed by atoms with Crippen molar-refractivity contribution in [2.24, 2.45) is 0 Å². The highest BCUT2D eigenvalue weighted by Gasteiger charge is 2.34. The molecule has 0 bridgehead atoms. The Bertz CT molecular complexity index is 605. The van der Waals surface area contributed by atoms with E-state index >= 15 is 0 Å². The summed E-state index contributed by atoms with van der Waals surface area (Å²) in [5.74, 6) is 0. The molecule has 0 radical (unpaired) electrons. The molecule has 0 aliphatic carbocycles. The summed E-state index contributed by atoms with van der Waals surface area (Å²) in [5.41, 5.74) is 2.05. The summed E-state index contributed by atoms with van der Waals surface area (Å²) in [6.45, 7) is 5.26. The normalized spacial score (nSPS) is 21.3. The van der Waals surface area contributed by atoms with Crippen LogP contribution in [0.4, 0.5) is 5.69 Å². The minimum atomic E-state index is 0.0339. The zero-order valence-corrected chi connectivity index (χ0v) is 12.8. The summed E-state index contributed by atoms with van der Waals surface area (Å²) in [4.78, 5) is 0. The fourth-order valence-corrected chi connectivity index (χ4v) is 3.24. The van der Waals surface area contributed by atoms with Crippen LogP contribution in [0.5, 0.6) is 0 Å². The predicted molar refractivity (Wildman–Crippen MR) is 85.4 cm³/mol. The van der Waals surface area contributed by atoms with E-state index in [0.717, 1.165) is 48.9 Å². The van der Waals surface area contributed by atoms with Crippen molar-refractivity contribution in [1.29, 1.82) is 0 Å². The van der Waals surface area contributed by atoms with Crippen molar-refractivity contribution in [3.8, 4) is 0 Å². The third kappa shape index (κ3) is 2.86. The van der Waals surface area contributed by atoms with Crippen LogP contribution in [0.1, 0.15) is 39.5 Å². The first-order valence-electron chi connectivity index (χ1n) is 7.87. The number of nitrogens with zero attached hydrogens (tertiary/aromatic N) is 2. The minimum Gasteiger partial charge on any atom is -0.380 e. The number of nitrogens with one attached hydrogen (secondary N) is 1. The average Bonchev–Trinajstić information content (AvgIpc) is 2.55. The maximum absolute atomic E-state index is 6.05. The SMILES string of the molecule is CCC1(CC)CC(Nc2cnnc3ccccc23)CCO1. The van der Waals surface area contributed by atoms with Crippen molar-refractivity contribution >= 4 is 16.6 Å². The van der Waals surface area contributed by atoms with Gasteiger partial charge in [0.2, 0.25) is 0 Å². The molecule has 2 heterocycles. The fraction of sp³-hybridized carbons (Fsp3) is 0.529. The van der Waals surface area contributed by atoms with E-state index < -0.39 is 0 Å². The van der Waals surface area contributed by atoms with Crippen LogP contribution in [0.2, 0.25) is 0 Å². The minimum absolute atomic E-state index is 0.0339. The predicted octanol–water partition coefficient (Wildman–Crippen LogP) is 3.78. The Hall–Kier alpha value is -1.68. The van der Waals surface area contributed by atoms with Gasteiger partial charge in [-0.3, -0.25) is 0 Å². The van der Waals surface area contributed by atoms with Gasteiger partial charge in [-0.15, -0.1) is 0 Å². The van der Waals surface area contributed by atoms with Gasteiger partial charge < -0.3 is 10.1 Å². The van der Waals surface area contributed by atoms with Crippen LogP contribution < -0.4 is 5.32 Å². The van der Waals surface area contributed by atoms with Gasteiger partial charge in [0.1, 0.15) is 0 Å². The van der Waals surface area contributed by atoms with Crippen molar-refractivity contribution in [1.82, 2.24) is 10.2 Å². The van der Waals surface area contributed by atoms with Gasteiger partial charge >= 0.3 is 0 Å². The lowest BCUT2D eigenvalue weighted by atomic mass is 9.86. The van der Waals surface area contributed by atoms with Gasteiger partial charge in [0.15, 0.2) is 0 Å². The third-order valence-electron chi connectivity index (χ3n) is 4.69. The standard InChI is InChI=1S/C17H23N3O/c1-3-17(4-2)11-13(9-10-21-17)19-16-12-18-20-15-8-6-5-7-14(15)16/h5-8,12-13H,3-4,9-11H2,1-2H3,(H,19,20). The van der Waals surface area contributed by atoms with Gasteiger partial charge in [-0.1, -0.05) is 32.0 Å². The van der Waals surface area contributed by atoms with Gasteiger partial charge in [-0.25, -0.2) is 0 Å². The van der Waals surface area contributed by atoms with Crippen LogP contribution in [0.15, 0.2) is 30.5 Å². The van der Waals surface area contributed by atoms with E-state index in [1.807, 2.05) is 24.4 Å². The maximum atomic E-state index is 6.05. The zero-order chi connectivity index (χ0) is 14.7. The molecule has 1 N–H and O–H groups in total. The second kappa shape index (κ2) is 5.98. The molecule has 0 amide bonds. The van der Waals surface area contributed by atoms with E-state index in [2.05, 4.69) is 35.4 Å². The maximum Gasteiger partial charge on any atom is 0.0950 e. The smallest absolute Gasteiger partial charge is 0.0950 e. The Morgan fingerprint density at radius 2 is 2.10 bits per heavy atom. The monoisotopic (exact) mass is 285 g/mol. The van der Waals surface area contributed by atoms with Crippen LogP contribution in [-0.4, -0.2) is 28.4 Å². The molecule has 1 atom stereocenters. The highest BCUT2D eigenvalue weighted by molar-refractivity contribution is 5.90. The van der Waals surface area contributed by atoms with Gasteiger partial charge in [0.25, 0.3) is 0 Å². The third-order valence-corrected chi connectivity index (χ3v) is 4.69. The lowest BCUT2D eigenvalue weighted by molar-refractivity contribution is -0.0864. The van der Waals surface area contributed by atoms with Crippen LogP contribution >= 0.6 is 0 Å². The molecule has 4 nitrogen and oxygen atoms in total. The van der Waals surface area contributed by atoms with E-state index in [4.69, 9.17) is 4.74 Å². The summed E-state index contributed by atoms with van der Waals surface area (Å²) in [6, 6.07) is 8.57. The fourth-order valence-electron chi connectivity index (χ4n) is 3.24. The number of ether oxygens (including phenoxy) is 1. The van der Waals surface area contributed by atoms with E-state index in [9.17, 15) is 0 Å². The molecule has 0 saturated carbocycles. The number of benzene rings is 1. The van der Waals surface area contributed by atoms with Crippen LogP contribution in [-0.2, 0) is 4.74 Å². The molecule has 3 rings (SSSR count). The van der Waals surface area contributed by atoms with E-state index in [0.29, 0.717) is 6.04 Å². The molecule has 1 unspecified atom stereocenters. The van der Waals surface area contributed by atoms with Gasteiger partial charge in [0.05, 0.1) is 23.0 Å². The summed E-state index contributed by atoms with van der Waals surface area (Å²) in [7, 11) is 0. The summed E-state index contributed by atoms with van der Waals surface area (Å²) in [5, 5.41) is 13.1. The largest absolute Gasteiger partial charge is 0.380 e. The lowest BCUT2D eigenvalue weighted by Gasteiger charge is -2.40. The first-order valence-corrected chi connectivity index (χ1v) is 7.87. The van der Waals surface area contributed by atoms with Crippen LogP contribution in [0.25, 0.3) is 10.9 Å². The molecular formula is C17H23N3O. The molecule has 4 heteroatoms. The molecule has 112 valence electrons. The Labute approximate surface area is 125 Å². The number of anilines is 1. The summed E-state index contributed by atoms with van der Waals surface area (Å²) < 4.78 is 6.05. The van der Waals surface area contributed by atoms with Gasteiger partial charge in [-0.05, 0) is 31.7 Å². The zero-order valence-electron chi connectivity index (χ0n) is 12.8. The van der Waals surface area contributed by atoms with Crippen molar-refractivity contribution < 1.29 is 4.74 Å². The van der Waals surface area contributed by atoms with Crippen molar-refractivity contribution in [2.75, 3.05) is 11.9 Å². The molecule has 1 aromatic heterocycles. The average molecular weight is 285 g/mol. The molecule has 1 saturated heterocycles. The quantitative estimate of drug-likeness (QED) is 0.928. The number of hydrogen-bond donors (Lipinski definition) is 1. The summed E-state index contributed by atoms with van der Waals surface area (Å²) >= 11 is 0. The Morgan fingerprint density at radius 1 is 1.29 bits per heavy atom. The summed E-state index contributed by atoms with van der Waals surface area (Å²) in [6.07, 6.45) is 6.06. The molecule has 1 aromatic carbocycles. The first-order chi connectivity index (χ1) is 10.3. The first kappa shape index (κ1) is 14.3. The Balaban J connectivity index is 1.82. The van der Waals surface area contributed by atoms with Gasteiger partial charge in [0, 0.05) is 18.0 Å². The number of fused-ring (bicyclic) bond motifs is 1. The van der Waals surface area contributed by atoms with E-state index in [1.165, 1.54) is 0 Å². The Morgan fingerprint density at radius 3 is 2.90 bits per heavy atom. The molecule has 1 fully saturated rings. The van der Waals surface area contributed by atoms with Crippen LogP contribution in [0.3, 0.4) is 0 Å². The van der Waals surface area contributed by atoms with Crippen LogP contribution in [0, 0.1) is 0 Å². The van der Waals surface area contributed by atoms with Crippen molar-refractivity contribution in [3.05, 3.63) is 30.5 Å². The van der Waals surface area contributed by atoms with E-state index in [-0.39, 0.29) is 5.60 Å². The second-order valence-corrected chi connectivity index (χ2v) is 5.85. The topological polar surface area (TPSA) is 47.0 Å². The van der Waals surface area contributed by atoms with Crippen molar-refractivity contribution in [3.63, 3.8) is 0 Å². The van der Waals surface area contributed by atoms with Crippen molar-refractivity contribution in [2.45, 2.75) is 51.2 Å². The molecule has 1 aliphatic heterocycles. The molecule has 21 heavy (non-hydrogen) atoms. The molecular weight excluding hydrogens is 262 g/mol. The highest BCUT2D eigenvalue weighted by atomic mass is 16.5. The van der Waals surface area contributed by atoms with E-state index in [1.54, 1.807) is 0 Å². The second-order valence-electron chi connectivity index (χ2n) is 5.85. The molecule has 0 spiro atoms. The number of rotatable bonds is 4.